The van der Waals surface area contributed by atoms with Crippen molar-refractivity contribution < 1.29 is 4.74 Å². The van der Waals surface area contributed by atoms with Crippen molar-refractivity contribution in [2.45, 2.75) is 31.9 Å². The van der Waals surface area contributed by atoms with Gasteiger partial charge in [0.25, 0.3) is 0 Å². The third-order valence-electron chi connectivity index (χ3n) is 3.76. The molecule has 1 aromatic rings. The van der Waals surface area contributed by atoms with Crippen LogP contribution in [0.5, 0.6) is 0 Å². The Balaban J connectivity index is 1.65. The van der Waals surface area contributed by atoms with Gasteiger partial charge in [0.2, 0.25) is 0 Å². The van der Waals surface area contributed by atoms with E-state index in [0.29, 0.717) is 0 Å². The summed E-state index contributed by atoms with van der Waals surface area (Å²) >= 11 is 5.28. The van der Waals surface area contributed by atoms with E-state index >= 15 is 0 Å². The molecule has 0 spiro atoms. The fourth-order valence-corrected chi connectivity index (χ4v) is 3.98. The van der Waals surface area contributed by atoms with Gasteiger partial charge in [-0.05, 0) is 48.3 Å². The number of piperidine rings is 1. The number of nitrogens with one attached hydrogen (secondary N) is 1. The molecule has 1 saturated heterocycles. The van der Waals surface area contributed by atoms with E-state index in [2.05, 4.69) is 44.5 Å². The Hall–Kier alpha value is 0.0600. The van der Waals surface area contributed by atoms with Gasteiger partial charge in [-0.1, -0.05) is 0 Å². The molecule has 0 amide bonds. The predicted molar refractivity (Wildman–Crippen MR) is 84.8 cm³/mol. The summed E-state index contributed by atoms with van der Waals surface area (Å²) < 4.78 is 6.80. The lowest BCUT2D eigenvalue weighted by atomic mass is 9.95. The highest BCUT2D eigenvalue weighted by Crippen LogP contribution is 2.23. The van der Waals surface area contributed by atoms with Crippen LogP contribution >= 0.6 is 27.3 Å². The minimum atomic E-state index is 0.0524. The molecule has 1 aliphatic rings. The van der Waals surface area contributed by atoms with Crippen molar-refractivity contribution in [1.29, 1.82) is 0 Å². The van der Waals surface area contributed by atoms with Crippen LogP contribution < -0.4 is 5.32 Å². The second kappa shape index (κ2) is 7.18. The molecular formula is C14H23BrN2OS. The lowest BCUT2D eigenvalue weighted by Gasteiger charge is -2.39. The minimum Gasteiger partial charge on any atom is -0.377 e. The second-order valence-corrected chi connectivity index (χ2v) is 7.35. The number of halogens is 1. The standard InChI is InChI=1S/C14H23BrN2OS/c1-14(18-2)4-3-6-17(11-14)7-5-16-9-13-8-12(15)10-19-13/h8,10,16H,3-7,9,11H2,1-2H3. The van der Waals surface area contributed by atoms with Crippen molar-refractivity contribution in [3.8, 4) is 0 Å². The molecule has 1 aromatic heterocycles. The van der Waals surface area contributed by atoms with Crippen LogP contribution in [0.4, 0.5) is 0 Å². The molecule has 1 fully saturated rings. The van der Waals surface area contributed by atoms with Crippen LogP contribution in [-0.2, 0) is 11.3 Å². The number of methoxy groups -OCH3 is 1. The smallest absolute Gasteiger partial charge is 0.0777 e. The van der Waals surface area contributed by atoms with Crippen molar-refractivity contribution >= 4 is 27.3 Å². The number of ether oxygens (including phenoxy) is 1. The quantitative estimate of drug-likeness (QED) is 0.801. The van der Waals surface area contributed by atoms with Crippen LogP contribution in [0.3, 0.4) is 0 Å². The number of likely N-dealkylation sites (tertiary alicyclic amines) is 1. The predicted octanol–water partition coefficient (Wildman–Crippen LogP) is 3.10. The zero-order valence-electron chi connectivity index (χ0n) is 11.7. The molecule has 0 saturated carbocycles. The third-order valence-corrected chi connectivity index (χ3v) is 5.45. The number of hydrogen-bond acceptors (Lipinski definition) is 4. The Morgan fingerprint density at radius 2 is 2.42 bits per heavy atom. The Morgan fingerprint density at radius 3 is 3.11 bits per heavy atom. The van der Waals surface area contributed by atoms with Crippen LogP contribution in [-0.4, -0.2) is 43.8 Å². The van der Waals surface area contributed by atoms with E-state index in [4.69, 9.17) is 4.74 Å². The van der Waals surface area contributed by atoms with Gasteiger partial charge in [-0.25, -0.2) is 0 Å². The maximum atomic E-state index is 5.62. The van der Waals surface area contributed by atoms with Gasteiger partial charge in [-0.15, -0.1) is 11.3 Å². The van der Waals surface area contributed by atoms with E-state index in [0.717, 1.165) is 26.2 Å². The minimum absolute atomic E-state index is 0.0524. The average molecular weight is 347 g/mol. The van der Waals surface area contributed by atoms with Crippen molar-refractivity contribution in [1.82, 2.24) is 10.2 Å². The van der Waals surface area contributed by atoms with Crippen molar-refractivity contribution in [3.63, 3.8) is 0 Å². The summed E-state index contributed by atoms with van der Waals surface area (Å²) in [5.41, 5.74) is 0.0524. The SMILES string of the molecule is COC1(C)CCCN(CCNCc2cc(Br)cs2)C1. The first kappa shape index (κ1) is 15.4. The summed E-state index contributed by atoms with van der Waals surface area (Å²) in [6, 6.07) is 2.18. The molecule has 0 aliphatic carbocycles. The molecule has 0 aromatic carbocycles. The molecule has 19 heavy (non-hydrogen) atoms. The van der Waals surface area contributed by atoms with Crippen molar-refractivity contribution in [2.24, 2.45) is 0 Å². The molecule has 108 valence electrons. The van der Waals surface area contributed by atoms with Gasteiger partial charge < -0.3 is 10.1 Å². The zero-order chi connectivity index (χ0) is 13.7. The Morgan fingerprint density at radius 1 is 1.58 bits per heavy atom. The highest BCUT2D eigenvalue weighted by atomic mass is 79.9. The molecule has 1 atom stereocenters. The molecule has 1 aliphatic heterocycles. The van der Waals surface area contributed by atoms with E-state index in [1.807, 2.05) is 7.11 Å². The number of rotatable bonds is 6. The molecule has 2 rings (SSSR count). The normalized spacial score (nSPS) is 24.8. The molecule has 3 nitrogen and oxygen atoms in total. The van der Waals surface area contributed by atoms with Crippen LogP contribution in [0.1, 0.15) is 24.6 Å². The number of hydrogen-bond donors (Lipinski definition) is 1. The van der Waals surface area contributed by atoms with Gasteiger partial charge in [0.05, 0.1) is 5.60 Å². The van der Waals surface area contributed by atoms with Gasteiger partial charge >= 0.3 is 0 Å². The number of nitrogens with zero attached hydrogens (tertiary/aromatic N) is 1. The maximum Gasteiger partial charge on any atom is 0.0777 e. The third kappa shape index (κ3) is 4.83. The summed E-state index contributed by atoms with van der Waals surface area (Å²) in [7, 11) is 1.83. The van der Waals surface area contributed by atoms with Gasteiger partial charge in [0.15, 0.2) is 0 Å². The van der Waals surface area contributed by atoms with Gasteiger partial charge in [-0.3, -0.25) is 4.90 Å². The lowest BCUT2D eigenvalue weighted by Crippen LogP contribution is -2.48. The first-order valence-corrected chi connectivity index (χ1v) is 8.50. The highest BCUT2D eigenvalue weighted by molar-refractivity contribution is 9.10. The Bertz CT molecular complexity index is 399. The van der Waals surface area contributed by atoms with Gasteiger partial charge in [0, 0.05) is 48.0 Å². The van der Waals surface area contributed by atoms with E-state index in [1.165, 1.54) is 28.7 Å². The van der Waals surface area contributed by atoms with Crippen molar-refractivity contribution in [3.05, 3.63) is 20.8 Å². The molecule has 0 bridgehead atoms. The highest BCUT2D eigenvalue weighted by Gasteiger charge is 2.30. The molecule has 1 N–H and O–H groups in total. The second-order valence-electron chi connectivity index (χ2n) is 5.44. The van der Waals surface area contributed by atoms with Crippen LogP contribution in [0.25, 0.3) is 0 Å². The zero-order valence-corrected chi connectivity index (χ0v) is 14.1. The summed E-state index contributed by atoms with van der Waals surface area (Å²) in [4.78, 5) is 3.89. The largest absolute Gasteiger partial charge is 0.377 e. The Labute approximate surface area is 128 Å². The molecular weight excluding hydrogens is 324 g/mol. The maximum absolute atomic E-state index is 5.62. The van der Waals surface area contributed by atoms with Crippen LogP contribution in [0, 0.1) is 0 Å². The van der Waals surface area contributed by atoms with E-state index in [1.54, 1.807) is 11.3 Å². The van der Waals surface area contributed by atoms with E-state index in [-0.39, 0.29) is 5.60 Å². The van der Waals surface area contributed by atoms with Crippen LogP contribution in [0.15, 0.2) is 15.9 Å². The Kier molecular flexibility index (Phi) is 5.84. The lowest BCUT2D eigenvalue weighted by molar-refractivity contribution is -0.0502. The van der Waals surface area contributed by atoms with E-state index < -0.39 is 0 Å². The monoisotopic (exact) mass is 346 g/mol. The van der Waals surface area contributed by atoms with Gasteiger partial charge in [0.1, 0.15) is 0 Å². The molecule has 5 heteroatoms. The summed E-state index contributed by atoms with van der Waals surface area (Å²) in [5.74, 6) is 0. The first-order chi connectivity index (χ1) is 9.11. The van der Waals surface area contributed by atoms with E-state index in [9.17, 15) is 0 Å². The molecule has 0 radical (unpaired) electrons. The summed E-state index contributed by atoms with van der Waals surface area (Å²) in [6.07, 6.45) is 2.42. The first-order valence-electron chi connectivity index (χ1n) is 6.82. The topological polar surface area (TPSA) is 24.5 Å². The van der Waals surface area contributed by atoms with Crippen molar-refractivity contribution in [2.75, 3.05) is 33.3 Å². The summed E-state index contributed by atoms with van der Waals surface area (Å²) in [5, 5.41) is 5.65. The van der Waals surface area contributed by atoms with Gasteiger partial charge in [-0.2, -0.15) is 0 Å². The molecule has 2 heterocycles. The summed E-state index contributed by atoms with van der Waals surface area (Å²) in [6.45, 7) is 7.57. The van der Waals surface area contributed by atoms with Crippen LogP contribution in [0.2, 0.25) is 0 Å². The fourth-order valence-electron chi connectivity index (χ4n) is 2.56. The fraction of sp³-hybridized carbons (Fsp3) is 0.714. The average Bonchev–Trinajstić information content (AvgIpc) is 2.81. The number of thiophene rings is 1. The molecule has 1 unspecified atom stereocenters.